The van der Waals surface area contributed by atoms with Crippen LogP contribution in [0.2, 0.25) is 0 Å². The highest BCUT2D eigenvalue weighted by Gasteiger charge is 2.28. The number of hydrogen-bond acceptors (Lipinski definition) is 4. The summed E-state index contributed by atoms with van der Waals surface area (Å²) < 4.78 is 11.2. The molecule has 2 unspecified atom stereocenters. The standard InChI is InChI=1S/C13H28N2O2/c1-11-10-15(6-5-7-17-11)12(9-14)8-13(2,3)16-4/h11-12H,5-10,14H2,1-4H3. The first kappa shape index (κ1) is 14.9. The highest BCUT2D eigenvalue weighted by Crippen LogP contribution is 2.20. The lowest BCUT2D eigenvalue weighted by atomic mass is 9.97. The van der Waals surface area contributed by atoms with Gasteiger partial charge < -0.3 is 15.2 Å². The van der Waals surface area contributed by atoms with Crippen LogP contribution in [0.15, 0.2) is 0 Å². The largest absolute Gasteiger partial charge is 0.379 e. The van der Waals surface area contributed by atoms with Crippen molar-refractivity contribution < 1.29 is 9.47 Å². The van der Waals surface area contributed by atoms with E-state index in [4.69, 9.17) is 15.2 Å². The molecule has 4 heteroatoms. The number of rotatable bonds is 5. The lowest BCUT2D eigenvalue weighted by molar-refractivity contribution is -0.0114. The molecule has 1 aliphatic heterocycles. The summed E-state index contributed by atoms with van der Waals surface area (Å²) in [5, 5.41) is 0. The maximum Gasteiger partial charge on any atom is 0.0674 e. The van der Waals surface area contributed by atoms with Crippen molar-refractivity contribution in [2.24, 2.45) is 5.73 Å². The smallest absolute Gasteiger partial charge is 0.0674 e. The van der Waals surface area contributed by atoms with E-state index in [1.807, 2.05) is 0 Å². The Bertz CT molecular complexity index is 221. The molecular weight excluding hydrogens is 216 g/mol. The molecule has 2 N–H and O–H groups in total. The van der Waals surface area contributed by atoms with Crippen LogP contribution in [0.4, 0.5) is 0 Å². The number of hydrogen-bond donors (Lipinski definition) is 1. The van der Waals surface area contributed by atoms with E-state index in [0.717, 1.165) is 32.5 Å². The highest BCUT2D eigenvalue weighted by molar-refractivity contribution is 4.83. The SMILES string of the molecule is COC(C)(C)CC(CN)N1CCCOC(C)C1. The Labute approximate surface area is 105 Å². The molecule has 1 aliphatic rings. The molecule has 0 spiro atoms. The second kappa shape index (κ2) is 6.69. The van der Waals surface area contributed by atoms with Gasteiger partial charge in [0.25, 0.3) is 0 Å². The molecule has 0 aromatic carbocycles. The van der Waals surface area contributed by atoms with Crippen LogP contribution in [0.3, 0.4) is 0 Å². The van der Waals surface area contributed by atoms with Crippen molar-refractivity contribution in [2.45, 2.75) is 51.4 Å². The predicted octanol–water partition coefficient (Wildman–Crippen LogP) is 1.24. The first-order chi connectivity index (χ1) is 7.98. The van der Waals surface area contributed by atoms with E-state index in [-0.39, 0.29) is 5.60 Å². The van der Waals surface area contributed by atoms with Crippen molar-refractivity contribution >= 4 is 0 Å². The summed E-state index contributed by atoms with van der Waals surface area (Å²) in [7, 11) is 1.77. The molecule has 1 heterocycles. The molecular formula is C13H28N2O2. The summed E-state index contributed by atoms with van der Waals surface area (Å²) in [6, 6.07) is 0.383. The molecule has 0 aliphatic carbocycles. The summed E-state index contributed by atoms with van der Waals surface area (Å²) in [6.45, 7) is 9.96. The second-order valence-corrected chi connectivity index (χ2v) is 5.59. The number of methoxy groups -OCH3 is 1. The fraction of sp³-hybridized carbons (Fsp3) is 1.00. The van der Waals surface area contributed by atoms with Gasteiger partial charge in [-0.2, -0.15) is 0 Å². The van der Waals surface area contributed by atoms with Crippen LogP contribution in [0.5, 0.6) is 0 Å². The fourth-order valence-electron chi connectivity index (χ4n) is 2.37. The average molecular weight is 244 g/mol. The van der Waals surface area contributed by atoms with E-state index in [9.17, 15) is 0 Å². The first-order valence-electron chi connectivity index (χ1n) is 6.59. The van der Waals surface area contributed by atoms with Crippen molar-refractivity contribution in [1.82, 2.24) is 4.90 Å². The summed E-state index contributed by atoms with van der Waals surface area (Å²) in [4.78, 5) is 2.46. The average Bonchev–Trinajstić information content (AvgIpc) is 2.51. The molecule has 2 atom stereocenters. The number of nitrogens with zero attached hydrogens (tertiary/aromatic N) is 1. The first-order valence-corrected chi connectivity index (χ1v) is 6.59. The van der Waals surface area contributed by atoms with Gasteiger partial charge in [-0.3, -0.25) is 4.90 Å². The van der Waals surface area contributed by atoms with Gasteiger partial charge in [-0.15, -0.1) is 0 Å². The quantitative estimate of drug-likeness (QED) is 0.790. The molecule has 102 valence electrons. The minimum atomic E-state index is -0.111. The Balaban J connectivity index is 2.58. The predicted molar refractivity (Wildman–Crippen MR) is 70.2 cm³/mol. The van der Waals surface area contributed by atoms with Gasteiger partial charge in [0.05, 0.1) is 11.7 Å². The third-order valence-corrected chi connectivity index (χ3v) is 3.55. The van der Waals surface area contributed by atoms with Gasteiger partial charge in [0.1, 0.15) is 0 Å². The zero-order valence-corrected chi connectivity index (χ0v) is 11.7. The Hall–Kier alpha value is -0.160. The molecule has 1 fully saturated rings. The molecule has 4 nitrogen and oxygen atoms in total. The Morgan fingerprint density at radius 3 is 2.82 bits per heavy atom. The fourth-order valence-corrected chi connectivity index (χ4v) is 2.37. The minimum absolute atomic E-state index is 0.111. The van der Waals surface area contributed by atoms with Gasteiger partial charge in [-0.05, 0) is 33.6 Å². The third kappa shape index (κ3) is 4.92. The Kier molecular flexibility index (Phi) is 5.86. The summed E-state index contributed by atoms with van der Waals surface area (Å²) in [5.74, 6) is 0. The van der Waals surface area contributed by atoms with Crippen LogP contribution >= 0.6 is 0 Å². The maximum atomic E-state index is 5.92. The van der Waals surface area contributed by atoms with Crippen LogP contribution in [-0.4, -0.2) is 56.0 Å². The van der Waals surface area contributed by atoms with Gasteiger partial charge in [0.15, 0.2) is 0 Å². The minimum Gasteiger partial charge on any atom is -0.379 e. The summed E-state index contributed by atoms with van der Waals surface area (Å²) in [6.07, 6.45) is 2.36. The van der Waals surface area contributed by atoms with Crippen molar-refractivity contribution in [3.63, 3.8) is 0 Å². The van der Waals surface area contributed by atoms with Crippen molar-refractivity contribution in [2.75, 3.05) is 33.4 Å². The lowest BCUT2D eigenvalue weighted by Crippen LogP contribution is -2.47. The summed E-state index contributed by atoms with van der Waals surface area (Å²) >= 11 is 0. The molecule has 0 bridgehead atoms. The summed E-state index contributed by atoms with van der Waals surface area (Å²) in [5.41, 5.74) is 5.81. The lowest BCUT2D eigenvalue weighted by Gasteiger charge is -2.35. The number of nitrogens with two attached hydrogens (primary N) is 1. The van der Waals surface area contributed by atoms with E-state index in [2.05, 4.69) is 25.7 Å². The Morgan fingerprint density at radius 2 is 2.24 bits per heavy atom. The van der Waals surface area contributed by atoms with Gasteiger partial charge in [-0.1, -0.05) is 0 Å². The molecule has 0 saturated carbocycles. The molecule has 0 aromatic heterocycles. The zero-order valence-electron chi connectivity index (χ0n) is 11.7. The van der Waals surface area contributed by atoms with E-state index in [1.54, 1.807) is 7.11 Å². The van der Waals surface area contributed by atoms with Gasteiger partial charge >= 0.3 is 0 Å². The maximum absolute atomic E-state index is 5.92. The molecule has 17 heavy (non-hydrogen) atoms. The number of ether oxygens (including phenoxy) is 2. The van der Waals surface area contributed by atoms with Gasteiger partial charge in [0, 0.05) is 39.4 Å². The van der Waals surface area contributed by atoms with Crippen molar-refractivity contribution in [3.8, 4) is 0 Å². The van der Waals surface area contributed by atoms with Crippen LogP contribution < -0.4 is 5.73 Å². The molecule has 1 rings (SSSR count). The van der Waals surface area contributed by atoms with Gasteiger partial charge in [0.2, 0.25) is 0 Å². The van der Waals surface area contributed by atoms with E-state index in [1.165, 1.54) is 0 Å². The topological polar surface area (TPSA) is 47.7 Å². The third-order valence-electron chi connectivity index (χ3n) is 3.55. The van der Waals surface area contributed by atoms with E-state index < -0.39 is 0 Å². The van der Waals surface area contributed by atoms with E-state index >= 15 is 0 Å². The highest BCUT2D eigenvalue weighted by atomic mass is 16.5. The van der Waals surface area contributed by atoms with Crippen LogP contribution in [-0.2, 0) is 9.47 Å². The molecule has 0 aromatic rings. The normalized spacial score (nSPS) is 25.6. The van der Waals surface area contributed by atoms with Crippen LogP contribution in [0.25, 0.3) is 0 Å². The molecule has 1 saturated heterocycles. The van der Waals surface area contributed by atoms with Crippen LogP contribution in [0, 0.1) is 0 Å². The van der Waals surface area contributed by atoms with E-state index in [0.29, 0.717) is 18.7 Å². The van der Waals surface area contributed by atoms with Gasteiger partial charge in [-0.25, -0.2) is 0 Å². The molecule has 0 radical (unpaired) electrons. The monoisotopic (exact) mass is 244 g/mol. The zero-order chi connectivity index (χ0) is 12.9. The van der Waals surface area contributed by atoms with Crippen molar-refractivity contribution in [3.05, 3.63) is 0 Å². The Morgan fingerprint density at radius 1 is 1.53 bits per heavy atom. The molecule has 0 amide bonds. The second-order valence-electron chi connectivity index (χ2n) is 5.59. The van der Waals surface area contributed by atoms with Crippen molar-refractivity contribution in [1.29, 1.82) is 0 Å². The van der Waals surface area contributed by atoms with Crippen LogP contribution in [0.1, 0.15) is 33.6 Å².